The third kappa shape index (κ3) is 8.87. The van der Waals surface area contributed by atoms with Gasteiger partial charge in [-0.2, -0.15) is 4.31 Å². The third-order valence-corrected chi connectivity index (χ3v) is 12.6. The first-order valence-corrected chi connectivity index (χ1v) is 19.1. The van der Waals surface area contributed by atoms with Crippen LogP contribution >= 0.6 is 11.3 Å². The molecule has 14 heteroatoms. The molecule has 0 saturated carbocycles. The van der Waals surface area contributed by atoms with Crippen molar-refractivity contribution in [2.24, 2.45) is 5.92 Å². The standard InChI is InChI=1S/C32H43N3O8S3/c1-23-20-35(24(2)22-36)32(37)28-19-26(33-45(38,39)31-14-10-18-44-31)15-16-29(28)43-25(3)11-8-9-17-42-30(23)21-34(4)46(40,41)27-12-6-5-7-13-27/h5-7,10,12-16,18-19,23-25,30,33,36H,8-9,11,17,20-22H2,1-4H3/t23-,24+,25+,30+/m1/s1. The maximum atomic E-state index is 14.3. The number of ether oxygens (including phenoxy) is 2. The van der Waals surface area contributed by atoms with Crippen molar-refractivity contribution in [3.8, 4) is 5.75 Å². The van der Waals surface area contributed by atoms with E-state index in [0.717, 1.165) is 24.2 Å². The average Bonchev–Trinajstić information content (AvgIpc) is 3.59. The highest BCUT2D eigenvalue weighted by atomic mass is 32.2. The zero-order valence-corrected chi connectivity index (χ0v) is 29.0. The number of carbonyl (C=O) groups is 1. The molecule has 4 atom stereocenters. The molecule has 2 aromatic carbocycles. The predicted octanol–water partition coefficient (Wildman–Crippen LogP) is 4.67. The number of fused-ring (bicyclic) bond motifs is 1. The van der Waals surface area contributed by atoms with E-state index in [-0.39, 0.29) is 52.1 Å². The Bertz CT molecular complexity index is 1650. The zero-order chi connectivity index (χ0) is 33.5. The van der Waals surface area contributed by atoms with Gasteiger partial charge in [0.15, 0.2) is 0 Å². The number of benzene rings is 2. The number of sulfonamides is 2. The fraction of sp³-hybridized carbons (Fsp3) is 0.469. The molecule has 0 spiro atoms. The van der Waals surface area contributed by atoms with Crippen LogP contribution in [0.15, 0.2) is 75.1 Å². The lowest BCUT2D eigenvalue weighted by molar-refractivity contribution is -0.00833. The second-order valence-corrected chi connectivity index (χ2v) is 16.5. The van der Waals surface area contributed by atoms with Gasteiger partial charge in [0.2, 0.25) is 10.0 Å². The van der Waals surface area contributed by atoms with Crippen LogP contribution in [0.5, 0.6) is 5.75 Å². The van der Waals surface area contributed by atoms with Gasteiger partial charge in [0.1, 0.15) is 9.96 Å². The van der Waals surface area contributed by atoms with Crippen molar-refractivity contribution in [3.05, 3.63) is 71.6 Å². The first-order valence-electron chi connectivity index (χ1n) is 15.2. The minimum atomic E-state index is -3.88. The molecule has 0 aliphatic carbocycles. The van der Waals surface area contributed by atoms with Crippen LogP contribution < -0.4 is 9.46 Å². The quantitative estimate of drug-likeness (QED) is 0.330. The Morgan fingerprint density at radius 2 is 1.80 bits per heavy atom. The summed E-state index contributed by atoms with van der Waals surface area (Å²) in [5.41, 5.74) is 0.334. The van der Waals surface area contributed by atoms with E-state index in [2.05, 4.69) is 4.72 Å². The van der Waals surface area contributed by atoms with E-state index >= 15 is 0 Å². The van der Waals surface area contributed by atoms with Crippen molar-refractivity contribution in [3.63, 3.8) is 0 Å². The van der Waals surface area contributed by atoms with Gasteiger partial charge in [-0.15, -0.1) is 11.3 Å². The summed E-state index contributed by atoms with van der Waals surface area (Å²) in [5, 5.41) is 11.8. The van der Waals surface area contributed by atoms with E-state index < -0.39 is 38.1 Å². The minimum Gasteiger partial charge on any atom is -0.490 e. The lowest BCUT2D eigenvalue weighted by atomic mass is 10.0. The summed E-state index contributed by atoms with van der Waals surface area (Å²) in [6.45, 7) is 5.75. The Labute approximate surface area is 276 Å². The molecule has 11 nitrogen and oxygen atoms in total. The topological polar surface area (TPSA) is 143 Å². The molecule has 2 N–H and O–H groups in total. The number of carbonyl (C=O) groups excluding carboxylic acids is 1. The van der Waals surface area contributed by atoms with E-state index in [1.54, 1.807) is 60.8 Å². The normalized spacial score (nSPS) is 21.2. The van der Waals surface area contributed by atoms with Crippen molar-refractivity contribution in [1.29, 1.82) is 0 Å². The summed E-state index contributed by atoms with van der Waals surface area (Å²) < 4.78 is 69.1. The Balaban J connectivity index is 1.67. The Morgan fingerprint density at radius 3 is 2.48 bits per heavy atom. The lowest BCUT2D eigenvalue weighted by Gasteiger charge is -2.35. The number of thiophene rings is 1. The number of anilines is 1. The van der Waals surface area contributed by atoms with Gasteiger partial charge in [-0.3, -0.25) is 9.52 Å². The second kappa shape index (κ2) is 15.7. The molecule has 0 bridgehead atoms. The summed E-state index contributed by atoms with van der Waals surface area (Å²) in [5.74, 6) is -0.509. The zero-order valence-electron chi connectivity index (χ0n) is 26.5. The summed E-state index contributed by atoms with van der Waals surface area (Å²) in [6.07, 6.45) is 1.34. The van der Waals surface area contributed by atoms with Crippen LogP contribution in [0.1, 0.15) is 50.4 Å². The van der Waals surface area contributed by atoms with Crippen LogP contribution in [0.25, 0.3) is 0 Å². The number of rotatable bonds is 9. The molecule has 252 valence electrons. The van der Waals surface area contributed by atoms with Crippen molar-refractivity contribution in [2.45, 2.75) is 67.4 Å². The number of likely N-dealkylation sites (N-methyl/N-ethyl adjacent to an activating group) is 1. The Morgan fingerprint density at radius 1 is 1.07 bits per heavy atom. The molecule has 4 rings (SSSR count). The molecule has 0 unspecified atom stereocenters. The molecule has 1 amide bonds. The fourth-order valence-electron chi connectivity index (χ4n) is 5.19. The largest absolute Gasteiger partial charge is 0.490 e. The molecule has 2 heterocycles. The molecule has 46 heavy (non-hydrogen) atoms. The van der Waals surface area contributed by atoms with E-state index in [0.29, 0.717) is 18.8 Å². The third-order valence-electron chi connectivity index (χ3n) is 7.95. The minimum absolute atomic E-state index is 0.0542. The second-order valence-electron chi connectivity index (χ2n) is 11.6. The highest BCUT2D eigenvalue weighted by Gasteiger charge is 2.32. The molecular weight excluding hydrogens is 651 g/mol. The Hall–Kier alpha value is -3.01. The van der Waals surface area contributed by atoms with E-state index in [1.165, 1.54) is 28.4 Å². The van der Waals surface area contributed by atoms with Gasteiger partial charge in [0.05, 0.1) is 35.3 Å². The number of hydrogen-bond acceptors (Lipinski definition) is 9. The van der Waals surface area contributed by atoms with Crippen LogP contribution in [0.4, 0.5) is 5.69 Å². The van der Waals surface area contributed by atoms with Crippen LogP contribution in [0.3, 0.4) is 0 Å². The number of aliphatic hydroxyl groups excluding tert-OH is 1. The highest BCUT2D eigenvalue weighted by Crippen LogP contribution is 2.30. The van der Waals surface area contributed by atoms with Crippen LogP contribution in [-0.4, -0.2) is 88.7 Å². The van der Waals surface area contributed by atoms with Crippen molar-refractivity contribution in [1.82, 2.24) is 9.21 Å². The molecule has 0 saturated heterocycles. The van der Waals surface area contributed by atoms with Gasteiger partial charge in [0, 0.05) is 38.3 Å². The monoisotopic (exact) mass is 693 g/mol. The molecule has 1 aliphatic rings. The molecule has 0 radical (unpaired) electrons. The van der Waals surface area contributed by atoms with Crippen LogP contribution in [0, 0.1) is 5.92 Å². The molecule has 0 fully saturated rings. The lowest BCUT2D eigenvalue weighted by Crippen LogP contribution is -2.48. The summed E-state index contributed by atoms with van der Waals surface area (Å²) in [4.78, 5) is 16.0. The van der Waals surface area contributed by atoms with Crippen LogP contribution in [-0.2, 0) is 24.8 Å². The van der Waals surface area contributed by atoms with Gasteiger partial charge in [-0.05, 0) is 74.9 Å². The SMILES string of the molecule is C[C@@H]1CN([C@@H](C)CO)C(=O)c2cc(NS(=O)(=O)c3cccs3)ccc2O[C@@H](C)CCCCO[C@H]1CN(C)S(=O)(=O)c1ccccc1. The van der Waals surface area contributed by atoms with Gasteiger partial charge < -0.3 is 19.5 Å². The smallest absolute Gasteiger partial charge is 0.271 e. The number of nitrogens with one attached hydrogen (secondary N) is 1. The van der Waals surface area contributed by atoms with Crippen molar-refractivity contribution >= 4 is 43.0 Å². The maximum Gasteiger partial charge on any atom is 0.271 e. The fourth-order valence-corrected chi connectivity index (χ4v) is 8.44. The molecular formula is C32H43N3O8S3. The van der Waals surface area contributed by atoms with Gasteiger partial charge in [-0.25, -0.2) is 16.8 Å². The number of amides is 1. The van der Waals surface area contributed by atoms with Gasteiger partial charge in [0.25, 0.3) is 15.9 Å². The molecule has 1 aromatic heterocycles. The number of nitrogens with zero attached hydrogens (tertiary/aromatic N) is 2. The van der Waals surface area contributed by atoms with E-state index in [1.807, 2.05) is 13.8 Å². The Kier molecular flexibility index (Phi) is 12.2. The molecule has 3 aromatic rings. The van der Waals surface area contributed by atoms with Crippen molar-refractivity contribution < 1.29 is 36.2 Å². The summed E-state index contributed by atoms with van der Waals surface area (Å²) in [6, 6.07) is 15.3. The van der Waals surface area contributed by atoms with Gasteiger partial charge in [-0.1, -0.05) is 31.2 Å². The van der Waals surface area contributed by atoms with Gasteiger partial charge >= 0.3 is 0 Å². The van der Waals surface area contributed by atoms with E-state index in [4.69, 9.17) is 9.47 Å². The predicted molar refractivity (Wildman–Crippen MR) is 178 cm³/mol. The molecule has 1 aliphatic heterocycles. The number of hydrogen-bond donors (Lipinski definition) is 2. The van der Waals surface area contributed by atoms with Crippen LogP contribution in [0.2, 0.25) is 0 Å². The summed E-state index contributed by atoms with van der Waals surface area (Å²) in [7, 11) is -6.16. The first-order chi connectivity index (χ1) is 21.8. The first kappa shape index (κ1) is 35.8. The highest BCUT2D eigenvalue weighted by molar-refractivity contribution is 7.94. The number of aliphatic hydroxyl groups is 1. The van der Waals surface area contributed by atoms with Crippen molar-refractivity contribution in [2.75, 3.05) is 38.1 Å². The summed E-state index contributed by atoms with van der Waals surface area (Å²) >= 11 is 1.08. The van der Waals surface area contributed by atoms with E-state index in [9.17, 15) is 26.7 Å². The maximum absolute atomic E-state index is 14.3. The average molecular weight is 694 g/mol.